The number of hydrogen-bond donors (Lipinski definition) is 1. The second-order valence-corrected chi connectivity index (χ2v) is 6.07. The van der Waals surface area contributed by atoms with Crippen molar-refractivity contribution < 1.29 is 4.39 Å². The molecule has 3 nitrogen and oxygen atoms in total. The van der Waals surface area contributed by atoms with Gasteiger partial charge in [0.05, 0.1) is 5.02 Å². The first-order chi connectivity index (χ1) is 12.7. The van der Waals surface area contributed by atoms with Crippen LogP contribution in [0.2, 0.25) is 5.02 Å². The first kappa shape index (κ1) is 16.2. The highest BCUT2D eigenvalue weighted by Crippen LogP contribution is 2.24. The Morgan fingerprint density at radius 3 is 2.46 bits per heavy atom. The summed E-state index contributed by atoms with van der Waals surface area (Å²) >= 11 is 6.13. The van der Waals surface area contributed by atoms with Crippen molar-refractivity contribution >= 4 is 28.8 Å². The molecule has 0 saturated heterocycles. The van der Waals surface area contributed by atoms with Gasteiger partial charge in [0.1, 0.15) is 11.5 Å². The van der Waals surface area contributed by atoms with Crippen LogP contribution < -0.4 is 5.32 Å². The van der Waals surface area contributed by atoms with E-state index in [0.29, 0.717) is 16.5 Å². The summed E-state index contributed by atoms with van der Waals surface area (Å²) in [7, 11) is 0. The Balaban J connectivity index is 1.81. The molecule has 0 amide bonds. The van der Waals surface area contributed by atoms with Crippen molar-refractivity contribution in [3.63, 3.8) is 0 Å². The molecule has 0 radical (unpaired) electrons. The Labute approximate surface area is 155 Å². The molecule has 5 heteroatoms. The maximum absolute atomic E-state index is 13.2. The smallest absolute Gasteiger partial charge is 0.157 e. The van der Waals surface area contributed by atoms with E-state index in [1.165, 1.54) is 12.1 Å². The molecule has 126 valence electrons. The highest BCUT2D eigenvalue weighted by atomic mass is 35.5. The average molecular weight is 362 g/mol. The van der Waals surface area contributed by atoms with Gasteiger partial charge in [-0.05, 0) is 54.5 Å². The molecule has 0 bridgehead atoms. The third kappa shape index (κ3) is 3.39. The van der Waals surface area contributed by atoms with E-state index in [2.05, 4.69) is 22.1 Å². The summed E-state index contributed by atoms with van der Waals surface area (Å²) in [4.78, 5) is 4.58. The topological polar surface area (TPSA) is 29.3 Å². The Morgan fingerprint density at radius 2 is 1.69 bits per heavy atom. The SMILES string of the molecule is Fc1ccc(Nc2c(C#Cc3ccccc3)nc3ccc(Cl)cn23)cc1. The number of pyridine rings is 1. The summed E-state index contributed by atoms with van der Waals surface area (Å²) in [5.41, 5.74) is 2.93. The number of anilines is 2. The molecule has 0 aliphatic carbocycles. The molecule has 4 rings (SSSR count). The van der Waals surface area contributed by atoms with Crippen molar-refractivity contribution in [3.05, 3.63) is 95.0 Å². The third-order valence-electron chi connectivity index (χ3n) is 3.79. The zero-order chi connectivity index (χ0) is 17.9. The summed E-state index contributed by atoms with van der Waals surface area (Å²) < 4.78 is 15.0. The van der Waals surface area contributed by atoms with Crippen molar-refractivity contribution in [2.45, 2.75) is 0 Å². The van der Waals surface area contributed by atoms with Gasteiger partial charge in [-0.15, -0.1) is 0 Å². The summed E-state index contributed by atoms with van der Waals surface area (Å²) in [6.45, 7) is 0. The summed E-state index contributed by atoms with van der Waals surface area (Å²) in [6.07, 6.45) is 1.77. The van der Waals surface area contributed by atoms with Crippen molar-refractivity contribution in [1.29, 1.82) is 0 Å². The molecule has 0 atom stereocenters. The van der Waals surface area contributed by atoms with E-state index in [4.69, 9.17) is 11.6 Å². The van der Waals surface area contributed by atoms with E-state index in [0.717, 1.165) is 16.9 Å². The molecule has 2 aromatic carbocycles. The van der Waals surface area contributed by atoms with Crippen LogP contribution in [-0.4, -0.2) is 9.38 Å². The fourth-order valence-corrected chi connectivity index (χ4v) is 2.71. The number of rotatable bonds is 2. The van der Waals surface area contributed by atoms with Gasteiger partial charge in [0.15, 0.2) is 11.5 Å². The van der Waals surface area contributed by atoms with E-state index in [9.17, 15) is 4.39 Å². The van der Waals surface area contributed by atoms with Crippen LogP contribution in [0.1, 0.15) is 11.3 Å². The van der Waals surface area contributed by atoms with Gasteiger partial charge >= 0.3 is 0 Å². The molecule has 4 aromatic rings. The number of imidazole rings is 1. The number of nitrogens with one attached hydrogen (secondary N) is 1. The van der Waals surface area contributed by atoms with Gasteiger partial charge in [-0.3, -0.25) is 4.40 Å². The van der Waals surface area contributed by atoms with Crippen LogP contribution in [-0.2, 0) is 0 Å². The minimum Gasteiger partial charge on any atom is -0.339 e. The van der Waals surface area contributed by atoms with E-state index in [1.807, 2.05) is 40.8 Å². The van der Waals surface area contributed by atoms with Gasteiger partial charge in [0.2, 0.25) is 0 Å². The Hall–Kier alpha value is -3.29. The van der Waals surface area contributed by atoms with Crippen LogP contribution >= 0.6 is 11.6 Å². The minimum absolute atomic E-state index is 0.291. The Kier molecular flexibility index (Phi) is 4.30. The van der Waals surface area contributed by atoms with Crippen LogP contribution in [0.15, 0.2) is 72.9 Å². The summed E-state index contributed by atoms with van der Waals surface area (Å²) in [5, 5.41) is 3.84. The Bertz CT molecular complexity index is 1120. The minimum atomic E-state index is -0.291. The van der Waals surface area contributed by atoms with Gasteiger partial charge in [-0.1, -0.05) is 35.7 Å². The lowest BCUT2D eigenvalue weighted by Crippen LogP contribution is -1.97. The van der Waals surface area contributed by atoms with Crippen LogP contribution in [0.4, 0.5) is 15.9 Å². The van der Waals surface area contributed by atoms with Crippen molar-refractivity contribution in [2.75, 3.05) is 5.32 Å². The summed E-state index contributed by atoms with van der Waals surface area (Å²) in [5.74, 6) is 6.61. The lowest BCUT2D eigenvalue weighted by atomic mass is 10.2. The average Bonchev–Trinajstić information content (AvgIpc) is 2.99. The lowest BCUT2D eigenvalue weighted by Gasteiger charge is -2.07. The number of nitrogens with zero attached hydrogens (tertiary/aromatic N) is 2. The zero-order valence-corrected chi connectivity index (χ0v) is 14.3. The number of hydrogen-bond acceptors (Lipinski definition) is 2. The molecule has 0 aliphatic rings. The number of aromatic nitrogens is 2. The Morgan fingerprint density at radius 1 is 0.923 bits per heavy atom. The van der Waals surface area contributed by atoms with Crippen molar-refractivity contribution in [3.8, 4) is 11.8 Å². The van der Waals surface area contributed by atoms with Crippen molar-refractivity contribution in [1.82, 2.24) is 9.38 Å². The highest BCUT2D eigenvalue weighted by molar-refractivity contribution is 6.30. The van der Waals surface area contributed by atoms with Crippen LogP contribution in [0.25, 0.3) is 5.65 Å². The number of halogens is 2. The molecule has 0 aliphatic heterocycles. The molecular formula is C21H13ClFN3. The van der Waals surface area contributed by atoms with Gasteiger partial charge in [0, 0.05) is 17.4 Å². The third-order valence-corrected chi connectivity index (χ3v) is 4.01. The maximum atomic E-state index is 13.2. The van der Waals surface area contributed by atoms with Gasteiger partial charge < -0.3 is 5.32 Å². The van der Waals surface area contributed by atoms with Gasteiger partial charge in [-0.2, -0.15) is 0 Å². The molecule has 0 unspecified atom stereocenters. The largest absolute Gasteiger partial charge is 0.339 e. The van der Waals surface area contributed by atoms with E-state index >= 15 is 0 Å². The molecule has 26 heavy (non-hydrogen) atoms. The standard InChI is InChI=1S/C21H13ClFN3/c22-16-7-13-20-25-19(12-6-15-4-2-1-3-5-15)21(26(20)14-16)24-18-10-8-17(23)9-11-18/h1-5,7-11,13-14,24H. The maximum Gasteiger partial charge on any atom is 0.157 e. The molecule has 2 aromatic heterocycles. The first-order valence-electron chi connectivity index (χ1n) is 7.96. The van der Waals surface area contributed by atoms with Crippen LogP contribution in [0, 0.1) is 17.7 Å². The van der Waals surface area contributed by atoms with Gasteiger partial charge in [0.25, 0.3) is 0 Å². The molecule has 2 heterocycles. The van der Waals surface area contributed by atoms with Crippen molar-refractivity contribution in [2.24, 2.45) is 0 Å². The predicted molar refractivity (Wildman–Crippen MR) is 102 cm³/mol. The molecular weight excluding hydrogens is 349 g/mol. The zero-order valence-electron chi connectivity index (χ0n) is 13.6. The lowest BCUT2D eigenvalue weighted by molar-refractivity contribution is 0.628. The molecule has 1 N–H and O–H groups in total. The van der Waals surface area contributed by atoms with Crippen LogP contribution in [0.5, 0.6) is 0 Å². The van der Waals surface area contributed by atoms with E-state index in [-0.39, 0.29) is 5.82 Å². The monoisotopic (exact) mass is 361 g/mol. The molecule has 0 spiro atoms. The second-order valence-electron chi connectivity index (χ2n) is 5.63. The first-order valence-corrected chi connectivity index (χ1v) is 8.34. The van der Waals surface area contributed by atoms with Gasteiger partial charge in [-0.25, -0.2) is 9.37 Å². The fourth-order valence-electron chi connectivity index (χ4n) is 2.55. The second kappa shape index (κ2) is 6.91. The number of benzene rings is 2. The molecule has 0 saturated carbocycles. The normalized spacial score (nSPS) is 10.4. The van der Waals surface area contributed by atoms with E-state index < -0.39 is 0 Å². The fraction of sp³-hybridized carbons (Fsp3) is 0. The molecule has 0 fully saturated rings. The highest BCUT2D eigenvalue weighted by Gasteiger charge is 2.11. The quantitative estimate of drug-likeness (QED) is 0.493. The van der Waals surface area contributed by atoms with Crippen LogP contribution in [0.3, 0.4) is 0 Å². The predicted octanol–water partition coefficient (Wildman–Crippen LogP) is 5.27. The number of fused-ring (bicyclic) bond motifs is 1. The van der Waals surface area contributed by atoms with E-state index in [1.54, 1.807) is 24.4 Å². The summed E-state index contributed by atoms with van der Waals surface area (Å²) in [6, 6.07) is 19.4.